The van der Waals surface area contributed by atoms with E-state index in [0.29, 0.717) is 17.7 Å². The van der Waals surface area contributed by atoms with Gasteiger partial charge in [-0.15, -0.1) is 0 Å². The van der Waals surface area contributed by atoms with Crippen molar-refractivity contribution in [2.24, 2.45) is 5.92 Å². The minimum absolute atomic E-state index is 0.335. The van der Waals surface area contributed by atoms with Crippen molar-refractivity contribution in [2.75, 3.05) is 26.2 Å². The standard InChI is InChI=1S/C17H34N2O/c1-5-17(4)13-18-16(14(2)3)12-19(17)10-6-8-15-9-7-11-20-15/h14-16,18H,5-13H2,1-4H3. The number of nitrogens with one attached hydrogen (secondary N) is 1. The summed E-state index contributed by atoms with van der Waals surface area (Å²) in [6.45, 7) is 14.0. The van der Waals surface area contributed by atoms with Crippen LogP contribution in [0.25, 0.3) is 0 Å². The van der Waals surface area contributed by atoms with Crippen molar-refractivity contribution in [1.29, 1.82) is 0 Å². The molecule has 3 unspecified atom stereocenters. The highest BCUT2D eigenvalue weighted by Crippen LogP contribution is 2.26. The molecule has 0 saturated carbocycles. The van der Waals surface area contributed by atoms with Gasteiger partial charge in [-0.2, -0.15) is 0 Å². The third-order valence-electron chi connectivity index (χ3n) is 5.47. The van der Waals surface area contributed by atoms with E-state index in [0.717, 1.165) is 19.1 Å². The zero-order valence-electron chi connectivity index (χ0n) is 14.0. The summed E-state index contributed by atoms with van der Waals surface area (Å²) in [7, 11) is 0. The summed E-state index contributed by atoms with van der Waals surface area (Å²) in [5.41, 5.74) is 0.335. The minimum Gasteiger partial charge on any atom is -0.378 e. The number of hydrogen-bond acceptors (Lipinski definition) is 3. The fraction of sp³-hybridized carbons (Fsp3) is 1.00. The van der Waals surface area contributed by atoms with Crippen LogP contribution >= 0.6 is 0 Å². The van der Waals surface area contributed by atoms with Gasteiger partial charge in [-0.1, -0.05) is 20.8 Å². The van der Waals surface area contributed by atoms with Crippen LogP contribution in [0.15, 0.2) is 0 Å². The summed E-state index contributed by atoms with van der Waals surface area (Å²) in [5, 5.41) is 3.76. The quantitative estimate of drug-likeness (QED) is 0.810. The second kappa shape index (κ2) is 7.24. The molecule has 3 atom stereocenters. The highest BCUT2D eigenvalue weighted by Gasteiger charge is 2.36. The summed E-state index contributed by atoms with van der Waals surface area (Å²) in [4.78, 5) is 2.74. The summed E-state index contributed by atoms with van der Waals surface area (Å²) in [6, 6.07) is 0.650. The van der Waals surface area contributed by atoms with Crippen molar-refractivity contribution in [3.63, 3.8) is 0 Å². The lowest BCUT2D eigenvalue weighted by Crippen LogP contribution is -2.64. The monoisotopic (exact) mass is 282 g/mol. The van der Waals surface area contributed by atoms with Crippen LogP contribution in [0.2, 0.25) is 0 Å². The molecule has 0 spiro atoms. The van der Waals surface area contributed by atoms with Crippen LogP contribution in [0.3, 0.4) is 0 Å². The number of piperazine rings is 1. The molecule has 0 amide bonds. The highest BCUT2D eigenvalue weighted by molar-refractivity contribution is 4.95. The van der Waals surface area contributed by atoms with Crippen molar-refractivity contribution >= 4 is 0 Å². The first-order valence-corrected chi connectivity index (χ1v) is 8.65. The van der Waals surface area contributed by atoms with Gasteiger partial charge in [-0.25, -0.2) is 0 Å². The number of nitrogens with zero attached hydrogens (tertiary/aromatic N) is 1. The SMILES string of the molecule is CCC1(C)CNC(C(C)C)CN1CCCC1CCCO1. The highest BCUT2D eigenvalue weighted by atomic mass is 16.5. The van der Waals surface area contributed by atoms with Gasteiger partial charge in [0, 0.05) is 31.3 Å². The van der Waals surface area contributed by atoms with Crippen molar-refractivity contribution in [2.45, 2.75) is 77.5 Å². The third-order valence-corrected chi connectivity index (χ3v) is 5.47. The lowest BCUT2D eigenvalue weighted by Gasteiger charge is -2.49. The van der Waals surface area contributed by atoms with E-state index in [1.165, 1.54) is 45.2 Å². The van der Waals surface area contributed by atoms with E-state index in [2.05, 4.69) is 37.9 Å². The predicted molar refractivity (Wildman–Crippen MR) is 85.1 cm³/mol. The molecule has 2 fully saturated rings. The number of hydrogen-bond donors (Lipinski definition) is 1. The maximum atomic E-state index is 5.75. The minimum atomic E-state index is 0.335. The van der Waals surface area contributed by atoms with Crippen LogP contribution in [0.1, 0.15) is 59.8 Å². The molecule has 2 aliphatic rings. The van der Waals surface area contributed by atoms with E-state index < -0.39 is 0 Å². The molecule has 118 valence electrons. The second-order valence-electron chi connectivity index (χ2n) is 7.31. The molecule has 0 aliphatic carbocycles. The molecule has 0 bridgehead atoms. The summed E-state index contributed by atoms with van der Waals surface area (Å²) in [5.74, 6) is 0.720. The Morgan fingerprint density at radius 3 is 2.80 bits per heavy atom. The molecule has 3 nitrogen and oxygen atoms in total. The smallest absolute Gasteiger partial charge is 0.0576 e. The molecule has 0 aromatic rings. The van der Waals surface area contributed by atoms with Crippen molar-refractivity contribution in [3.05, 3.63) is 0 Å². The molecular weight excluding hydrogens is 248 g/mol. The maximum absolute atomic E-state index is 5.75. The lowest BCUT2D eigenvalue weighted by molar-refractivity contribution is 0.0316. The normalized spacial score (nSPS) is 35.9. The zero-order chi connectivity index (χ0) is 14.6. The topological polar surface area (TPSA) is 24.5 Å². The second-order valence-corrected chi connectivity index (χ2v) is 7.31. The molecule has 20 heavy (non-hydrogen) atoms. The molecule has 3 heteroatoms. The Morgan fingerprint density at radius 2 is 2.20 bits per heavy atom. The molecule has 0 aromatic carbocycles. The van der Waals surface area contributed by atoms with Crippen LogP contribution < -0.4 is 5.32 Å². The number of ether oxygens (including phenoxy) is 1. The largest absolute Gasteiger partial charge is 0.378 e. The van der Waals surface area contributed by atoms with Crippen LogP contribution in [0.5, 0.6) is 0 Å². The van der Waals surface area contributed by atoms with Gasteiger partial charge in [-0.05, 0) is 51.5 Å². The number of rotatable bonds is 6. The van der Waals surface area contributed by atoms with E-state index in [1.807, 2.05) is 0 Å². The predicted octanol–water partition coefficient (Wildman–Crippen LogP) is 3.04. The Hall–Kier alpha value is -0.120. The maximum Gasteiger partial charge on any atom is 0.0576 e. The molecule has 2 rings (SSSR count). The van der Waals surface area contributed by atoms with Crippen LogP contribution in [0, 0.1) is 5.92 Å². The van der Waals surface area contributed by atoms with Crippen LogP contribution in [-0.4, -0.2) is 48.8 Å². The van der Waals surface area contributed by atoms with Gasteiger partial charge in [0.05, 0.1) is 6.10 Å². The van der Waals surface area contributed by atoms with Crippen LogP contribution in [0.4, 0.5) is 0 Å². The van der Waals surface area contributed by atoms with E-state index in [-0.39, 0.29) is 0 Å². The van der Waals surface area contributed by atoms with Gasteiger partial charge in [0.15, 0.2) is 0 Å². The average Bonchev–Trinajstić information content (AvgIpc) is 2.94. The third kappa shape index (κ3) is 3.96. The average molecular weight is 282 g/mol. The summed E-state index contributed by atoms with van der Waals surface area (Å²) in [6.07, 6.45) is 6.85. The van der Waals surface area contributed by atoms with E-state index in [1.54, 1.807) is 0 Å². The van der Waals surface area contributed by atoms with Crippen molar-refractivity contribution in [3.8, 4) is 0 Å². The van der Waals surface area contributed by atoms with E-state index >= 15 is 0 Å². The Kier molecular flexibility index (Phi) is 5.88. The molecule has 0 aromatic heterocycles. The first kappa shape index (κ1) is 16.3. The van der Waals surface area contributed by atoms with Gasteiger partial charge in [0.1, 0.15) is 0 Å². The van der Waals surface area contributed by atoms with Crippen molar-refractivity contribution in [1.82, 2.24) is 10.2 Å². The lowest BCUT2D eigenvalue weighted by atomic mass is 9.89. The molecule has 2 aliphatic heterocycles. The zero-order valence-corrected chi connectivity index (χ0v) is 14.0. The Labute approximate surface area is 125 Å². The van der Waals surface area contributed by atoms with Gasteiger partial charge < -0.3 is 10.1 Å². The summed E-state index contributed by atoms with van der Waals surface area (Å²) < 4.78 is 5.75. The van der Waals surface area contributed by atoms with E-state index in [9.17, 15) is 0 Å². The molecular formula is C17H34N2O. The fourth-order valence-corrected chi connectivity index (χ4v) is 3.52. The van der Waals surface area contributed by atoms with Gasteiger partial charge in [0.2, 0.25) is 0 Å². The Balaban J connectivity index is 1.83. The molecule has 2 heterocycles. The van der Waals surface area contributed by atoms with Crippen LogP contribution in [-0.2, 0) is 4.74 Å². The molecule has 1 N–H and O–H groups in total. The van der Waals surface area contributed by atoms with Gasteiger partial charge in [-0.3, -0.25) is 4.90 Å². The summed E-state index contributed by atoms with van der Waals surface area (Å²) >= 11 is 0. The van der Waals surface area contributed by atoms with Gasteiger partial charge >= 0.3 is 0 Å². The Morgan fingerprint density at radius 1 is 1.40 bits per heavy atom. The molecule has 0 radical (unpaired) electrons. The first-order valence-electron chi connectivity index (χ1n) is 8.65. The van der Waals surface area contributed by atoms with Gasteiger partial charge in [0.25, 0.3) is 0 Å². The van der Waals surface area contributed by atoms with E-state index in [4.69, 9.17) is 4.74 Å². The first-order chi connectivity index (χ1) is 9.55. The van der Waals surface area contributed by atoms with Crippen molar-refractivity contribution < 1.29 is 4.74 Å². The Bertz CT molecular complexity index is 289. The molecule has 2 saturated heterocycles. The fourth-order valence-electron chi connectivity index (χ4n) is 3.52.